The number of amides is 1. The fourth-order valence-electron chi connectivity index (χ4n) is 1.68. The second-order valence-corrected chi connectivity index (χ2v) is 4.79. The number of rotatable bonds is 9. The molecule has 1 aromatic heterocycles. The number of nitrogens with zero attached hydrogens (tertiary/aromatic N) is 3. The van der Waals surface area contributed by atoms with Crippen molar-refractivity contribution in [3.63, 3.8) is 0 Å². The maximum absolute atomic E-state index is 11.6. The number of nitrogens with one attached hydrogen (secondary N) is 1. The zero-order chi connectivity index (χ0) is 15.0. The van der Waals surface area contributed by atoms with Crippen LogP contribution in [0.4, 0.5) is 0 Å². The first-order valence-electron chi connectivity index (χ1n) is 6.58. The molecule has 0 saturated heterocycles. The number of nitrogens with two attached hydrogens (primary N) is 1. The maximum atomic E-state index is 11.6. The molecular weight excluding hydrogens is 262 g/mol. The summed E-state index contributed by atoms with van der Waals surface area (Å²) in [6, 6.07) is 0. The van der Waals surface area contributed by atoms with Crippen LogP contribution in [0.5, 0.6) is 0 Å². The number of hydrogen-bond acceptors (Lipinski definition) is 5. The molecule has 1 amide bonds. The van der Waals surface area contributed by atoms with Gasteiger partial charge in [0.05, 0.1) is 11.9 Å². The van der Waals surface area contributed by atoms with Crippen molar-refractivity contribution in [2.45, 2.75) is 39.3 Å². The van der Waals surface area contributed by atoms with Gasteiger partial charge in [-0.15, -0.1) is 5.10 Å². The smallest absolute Gasteiger partial charge is 0.303 e. The van der Waals surface area contributed by atoms with Crippen LogP contribution in [0, 0.1) is 5.92 Å². The Morgan fingerprint density at radius 3 is 2.85 bits per heavy atom. The van der Waals surface area contributed by atoms with Gasteiger partial charge in [0.1, 0.15) is 6.54 Å². The van der Waals surface area contributed by atoms with Gasteiger partial charge in [-0.1, -0.05) is 12.1 Å². The van der Waals surface area contributed by atoms with Gasteiger partial charge in [0.25, 0.3) is 0 Å². The monoisotopic (exact) mass is 283 g/mol. The average molecular weight is 283 g/mol. The van der Waals surface area contributed by atoms with Crippen LogP contribution >= 0.6 is 0 Å². The van der Waals surface area contributed by atoms with Crippen molar-refractivity contribution in [1.29, 1.82) is 0 Å². The van der Waals surface area contributed by atoms with E-state index in [4.69, 9.17) is 10.8 Å². The molecule has 0 aromatic carbocycles. The zero-order valence-electron chi connectivity index (χ0n) is 11.6. The van der Waals surface area contributed by atoms with Gasteiger partial charge in [0.15, 0.2) is 0 Å². The van der Waals surface area contributed by atoms with Crippen LogP contribution in [0.15, 0.2) is 6.20 Å². The molecule has 0 saturated carbocycles. The van der Waals surface area contributed by atoms with Crippen molar-refractivity contribution in [2.75, 3.05) is 6.54 Å². The SMILES string of the molecule is CC(CCNC(=O)Cn1cc(CN)nn1)CCC(=O)O. The minimum Gasteiger partial charge on any atom is -0.481 e. The molecule has 0 aliphatic carbocycles. The second-order valence-electron chi connectivity index (χ2n) is 4.79. The number of carbonyl (C=O) groups excluding carboxylic acids is 1. The van der Waals surface area contributed by atoms with Crippen molar-refractivity contribution in [2.24, 2.45) is 11.7 Å². The van der Waals surface area contributed by atoms with E-state index < -0.39 is 5.97 Å². The summed E-state index contributed by atoms with van der Waals surface area (Å²) in [7, 11) is 0. The Kier molecular flexibility index (Phi) is 6.65. The Hall–Kier alpha value is -1.96. The highest BCUT2D eigenvalue weighted by molar-refractivity contribution is 5.75. The van der Waals surface area contributed by atoms with Gasteiger partial charge >= 0.3 is 5.97 Å². The molecule has 20 heavy (non-hydrogen) atoms. The molecule has 1 atom stereocenters. The lowest BCUT2D eigenvalue weighted by Crippen LogP contribution is -2.29. The van der Waals surface area contributed by atoms with Crippen LogP contribution in [-0.2, 0) is 22.7 Å². The topological polar surface area (TPSA) is 123 Å². The lowest BCUT2D eigenvalue weighted by Gasteiger charge is -2.10. The van der Waals surface area contributed by atoms with E-state index in [1.807, 2.05) is 6.92 Å². The summed E-state index contributed by atoms with van der Waals surface area (Å²) in [5.74, 6) is -0.673. The molecule has 0 aliphatic heterocycles. The Morgan fingerprint density at radius 2 is 2.25 bits per heavy atom. The Morgan fingerprint density at radius 1 is 1.50 bits per heavy atom. The highest BCUT2D eigenvalue weighted by atomic mass is 16.4. The molecule has 0 bridgehead atoms. The fraction of sp³-hybridized carbons (Fsp3) is 0.667. The van der Waals surface area contributed by atoms with Gasteiger partial charge < -0.3 is 16.2 Å². The van der Waals surface area contributed by atoms with Crippen molar-refractivity contribution < 1.29 is 14.7 Å². The first-order valence-corrected chi connectivity index (χ1v) is 6.58. The Labute approximate surface area is 117 Å². The number of aliphatic carboxylic acids is 1. The Bertz CT molecular complexity index is 446. The lowest BCUT2D eigenvalue weighted by atomic mass is 10.0. The molecule has 0 spiro atoms. The molecule has 1 unspecified atom stereocenters. The first kappa shape index (κ1) is 16.1. The van der Waals surface area contributed by atoms with Crippen LogP contribution in [0.3, 0.4) is 0 Å². The van der Waals surface area contributed by atoms with E-state index >= 15 is 0 Å². The van der Waals surface area contributed by atoms with Crippen LogP contribution < -0.4 is 11.1 Å². The third-order valence-corrected chi connectivity index (χ3v) is 2.91. The molecule has 112 valence electrons. The van der Waals surface area contributed by atoms with Gasteiger partial charge in [-0.05, 0) is 18.8 Å². The standard InChI is InChI=1S/C12H21N5O3/c1-9(2-3-12(19)20)4-5-14-11(18)8-17-7-10(6-13)15-16-17/h7,9H,2-6,8,13H2,1H3,(H,14,18)(H,19,20). The van der Waals surface area contributed by atoms with E-state index in [1.165, 1.54) is 4.68 Å². The van der Waals surface area contributed by atoms with Crippen molar-refractivity contribution >= 4 is 11.9 Å². The van der Waals surface area contributed by atoms with Crippen molar-refractivity contribution in [1.82, 2.24) is 20.3 Å². The largest absolute Gasteiger partial charge is 0.481 e. The van der Waals surface area contributed by atoms with Gasteiger partial charge in [0.2, 0.25) is 5.91 Å². The van der Waals surface area contributed by atoms with Gasteiger partial charge in [0, 0.05) is 19.5 Å². The molecule has 4 N–H and O–H groups in total. The van der Waals surface area contributed by atoms with Gasteiger partial charge in [-0.3, -0.25) is 9.59 Å². The second kappa shape index (κ2) is 8.26. The predicted octanol–water partition coefficient (Wildman–Crippen LogP) is -0.256. The molecule has 8 nitrogen and oxygen atoms in total. The lowest BCUT2D eigenvalue weighted by molar-refractivity contribution is -0.137. The van der Waals surface area contributed by atoms with E-state index in [1.54, 1.807) is 6.20 Å². The van der Waals surface area contributed by atoms with Gasteiger partial charge in [-0.25, -0.2) is 4.68 Å². The van der Waals surface area contributed by atoms with E-state index in [-0.39, 0.29) is 24.8 Å². The summed E-state index contributed by atoms with van der Waals surface area (Å²) >= 11 is 0. The highest BCUT2D eigenvalue weighted by Gasteiger charge is 2.08. The number of carboxylic acids is 1. The van der Waals surface area contributed by atoms with Crippen LogP contribution in [0.2, 0.25) is 0 Å². The molecule has 1 aromatic rings. The van der Waals surface area contributed by atoms with Crippen LogP contribution in [-0.4, -0.2) is 38.5 Å². The number of carbonyl (C=O) groups is 2. The van der Waals surface area contributed by atoms with E-state index in [0.29, 0.717) is 25.2 Å². The quantitative estimate of drug-likeness (QED) is 0.574. The molecule has 0 aliphatic rings. The molecule has 1 rings (SSSR count). The summed E-state index contributed by atoms with van der Waals surface area (Å²) in [4.78, 5) is 22.1. The fourth-order valence-corrected chi connectivity index (χ4v) is 1.68. The maximum Gasteiger partial charge on any atom is 0.303 e. The zero-order valence-corrected chi connectivity index (χ0v) is 11.6. The van der Waals surface area contributed by atoms with E-state index in [2.05, 4.69) is 15.6 Å². The third kappa shape index (κ3) is 6.28. The predicted molar refractivity (Wildman–Crippen MR) is 71.6 cm³/mol. The van der Waals surface area contributed by atoms with Crippen molar-refractivity contribution in [3.8, 4) is 0 Å². The number of aromatic nitrogens is 3. The minimum atomic E-state index is -0.789. The molecule has 1 heterocycles. The summed E-state index contributed by atoms with van der Waals surface area (Å²) in [6.07, 6.45) is 3.17. The number of hydrogen-bond donors (Lipinski definition) is 3. The molecule has 0 fully saturated rings. The Balaban J connectivity index is 2.18. The molecular formula is C12H21N5O3. The van der Waals surface area contributed by atoms with Crippen LogP contribution in [0.1, 0.15) is 31.9 Å². The molecule has 8 heteroatoms. The van der Waals surface area contributed by atoms with Gasteiger partial charge in [-0.2, -0.15) is 0 Å². The summed E-state index contributed by atoms with van der Waals surface area (Å²) in [6.45, 7) is 2.90. The first-order chi connectivity index (χ1) is 9.51. The molecule has 0 radical (unpaired) electrons. The number of carboxylic acid groups (broad SMARTS) is 1. The van der Waals surface area contributed by atoms with E-state index in [0.717, 1.165) is 6.42 Å². The van der Waals surface area contributed by atoms with Crippen molar-refractivity contribution in [3.05, 3.63) is 11.9 Å². The average Bonchev–Trinajstić information content (AvgIpc) is 2.84. The minimum absolute atomic E-state index is 0.108. The summed E-state index contributed by atoms with van der Waals surface area (Å²) < 4.78 is 1.44. The third-order valence-electron chi connectivity index (χ3n) is 2.91. The summed E-state index contributed by atoms with van der Waals surface area (Å²) in [5, 5.41) is 18.9. The normalized spacial score (nSPS) is 12.1. The van der Waals surface area contributed by atoms with E-state index in [9.17, 15) is 9.59 Å². The van der Waals surface area contributed by atoms with Crippen LogP contribution in [0.25, 0.3) is 0 Å². The summed E-state index contributed by atoms with van der Waals surface area (Å²) in [5.41, 5.74) is 6.04. The highest BCUT2D eigenvalue weighted by Crippen LogP contribution is 2.09.